The predicted octanol–water partition coefficient (Wildman–Crippen LogP) is 6.96. The molecular formula is C23H21ClOS. The fourth-order valence-corrected chi connectivity index (χ4v) is 5.51. The maximum absolute atomic E-state index is 6.28. The van der Waals surface area contributed by atoms with Gasteiger partial charge in [0.15, 0.2) is 0 Å². The predicted molar refractivity (Wildman–Crippen MR) is 110 cm³/mol. The van der Waals surface area contributed by atoms with E-state index < -0.39 is 0 Å². The van der Waals surface area contributed by atoms with Crippen LogP contribution in [0.15, 0.2) is 77.7 Å². The van der Waals surface area contributed by atoms with Crippen LogP contribution < -0.4 is 4.74 Å². The van der Waals surface area contributed by atoms with Crippen molar-refractivity contribution in [3.63, 3.8) is 0 Å². The van der Waals surface area contributed by atoms with Crippen molar-refractivity contribution in [3.05, 3.63) is 94.5 Å². The lowest BCUT2D eigenvalue weighted by Gasteiger charge is -2.38. The van der Waals surface area contributed by atoms with E-state index in [4.69, 9.17) is 16.3 Å². The Labute approximate surface area is 164 Å². The second-order valence-electron chi connectivity index (χ2n) is 6.74. The van der Waals surface area contributed by atoms with Crippen LogP contribution in [0.25, 0.3) is 0 Å². The van der Waals surface area contributed by atoms with Crippen LogP contribution >= 0.6 is 23.4 Å². The summed E-state index contributed by atoms with van der Waals surface area (Å²) < 4.78 is 5.34. The number of hydrogen-bond donors (Lipinski definition) is 0. The molecule has 3 atom stereocenters. The molecule has 1 aliphatic rings. The van der Waals surface area contributed by atoms with E-state index in [0.717, 1.165) is 10.8 Å². The average molecular weight is 381 g/mol. The normalized spacial score (nSPS) is 21.9. The van der Waals surface area contributed by atoms with Gasteiger partial charge in [0.25, 0.3) is 0 Å². The molecule has 0 amide bonds. The first-order chi connectivity index (χ1) is 12.7. The van der Waals surface area contributed by atoms with E-state index in [2.05, 4.69) is 67.6 Å². The van der Waals surface area contributed by atoms with E-state index in [9.17, 15) is 0 Å². The molecule has 1 nitrogen and oxygen atoms in total. The Morgan fingerprint density at radius 2 is 1.65 bits per heavy atom. The van der Waals surface area contributed by atoms with Crippen molar-refractivity contribution < 1.29 is 4.74 Å². The molecule has 3 aromatic carbocycles. The van der Waals surface area contributed by atoms with E-state index in [1.807, 2.05) is 23.9 Å². The highest BCUT2D eigenvalue weighted by Crippen LogP contribution is 2.55. The standard InChI is InChI=1S/C23H21ClOS/c1-15-22(16-10-12-19(25-2)13-11-16)20-8-3-4-9-21(20)26-23(15)17-6-5-7-18(24)14-17/h3-15,22-23H,1-2H3/t15-,22+,23-/m0/s1. The summed E-state index contributed by atoms with van der Waals surface area (Å²) in [4.78, 5) is 1.36. The fourth-order valence-electron chi connectivity index (χ4n) is 3.90. The van der Waals surface area contributed by atoms with Crippen molar-refractivity contribution in [1.82, 2.24) is 0 Å². The summed E-state index contributed by atoms with van der Waals surface area (Å²) in [5.74, 6) is 1.69. The number of benzene rings is 3. The third kappa shape index (κ3) is 3.24. The van der Waals surface area contributed by atoms with E-state index in [-0.39, 0.29) is 0 Å². The Bertz CT molecular complexity index is 906. The summed E-state index contributed by atoms with van der Waals surface area (Å²) in [5.41, 5.74) is 4.04. The zero-order chi connectivity index (χ0) is 18.1. The maximum atomic E-state index is 6.28. The van der Waals surface area contributed by atoms with Crippen LogP contribution in [0.3, 0.4) is 0 Å². The smallest absolute Gasteiger partial charge is 0.118 e. The number of halogens is 1. The van der Waals surface area contributed by atoms with E-state index in [0.29, 0.717) is 17.1 Å². The molecule has 1 aliphatic heterocycles. The highest BCUT2D eigenvalue weighted by Gasteiger charge is 2.36. The van der Waals surface area contributed by atoms with Crippen molar-refractivity contribution in [1.29, 1.82) is 0 Å². The molecule has 132 valence electrons. The van der Waals surface area contributed by atoms with Crippen LogP contribution in [0.5, 0.6) is 5.75 Å². The van der Waals surface area contributed by atoms with E-state index >= 15 is 0 Å². The molecule has 0 saturated heterocycles. The molecule has 4 rings (SSSR count). The van der Waals surface area contributed by atoms with Crippen molar-refractivity contribution in [2.75, 3.05) is 7.11 Å². The quantitative estimate of drug-likeness (QED) is 0.485. The molecule has 1 heterocycles. The van der Waals surface area contributed by atoms with E-state index in [1.54, 1.807) is 7.11 Å². The topological polar surface area (TPSA) is 9.23 Å². The first-order valence-electron chi connectivity index (χ1n) is 8.82. The number of fused-ring (bicyclic) bond motifs is 1. The van der Waals surface area contributed by atoms with Crippen LogP contribution in [0.2, 0.25) is 5.02 Å². The van der Waals surface area contributed by atoms with Gasteiger partial charge in [-0.2, -0.15) is 0 Å². The molecule has 0 aliphatic carbocycles. The second kappa shape index (κ2) is 7.38. The van der Waals surface area contributed by atoms with Gasteiger partial charge in [-0.05, 0) is 52.9 Å². The Balaban J connectivity index is 1.80. The van der Waals surface area contributed by atoms with Gasteiger partial charge in [0, 0.05) is 21.1 Å². The Morgan fingerprint density at radius 1 is 0.885 bits per heavy atom. The molecule has 3 heteroatoms. The van der Waals surface area contributed by atoms with Crippen LogP contribution in [0.1, 0.15) is 34.8 Å². The van der Waals surface area contributed by atoms with Gasteiger partial charge >= 0.3 is 0 Å². The highest BCUT2D eigenvalue weighted by molar-refractivity contribution is 7.99. The third-order valence-corrected chi connectivity index (χ3v) is 6.98. The Morgan fingerprint density at radius 3 is 2.38 bits per heavy atom. The van der Waals surface area contributed by atoms with Crippen LogP contribution in [0.4, 0.5) is 0 Å². The number of thioether (sulfide) groups is 1. The molecule has 0 N–H and O–H groups in total. The number of ether oxygens (including phenoxy) is 1. The molecule has 26 heavy (non-hydrogen) atoms. The zero-order valence-electron chi connectivity index (χ0n) is 14.9. The molecule has 0 radical (unpaired) electrons. The second-order valence-corrected chi connectivity index (χ2v) is 8.36. The van der Waals surface area contributed by atoms with Crippen molar-refractivity contribution >= 4 is 23.4 Å². The lowest BCUT2D eigenvalue weighted by atomic mass is 9.78. The monoisotopic (exact) mass is 380 g/mol. The molecule has 3 aromatic rings. The molecule has 0 aromatic heterocycles. The number of rotatable bonds is 3. The lowest BCUT2D eigenvalue weighted by Crippen LogP contribution is -2.22. The lowest BCUT2D eigenvalue weighted by molar-refractivity contribution is 0.414. The van der Waals surface area contributed by atoms with Gasteiger partial charge in [-0.3, -0.25) is 0 Å². The maximum Gasteiger partial charge on any atom is 0.118 e. The first-order valence-corrected chi connectivity index (χ1v) is 10.1. The van der Waals surface area contributed by atoms with Crippen LogP contribution in [-0.2, 0) is 0 Å². The summed E-state index contributed by atoms with van der Waals surface area (Å²) in [7, 11) is 1.71. The highest BCUT2D eigenvalue weighted by atomic mass is 35.5. The van der Waals surface area contributed by atoms with E-state index in [1.165, 1.54) is 21.6 Å². The molecule has 0 saturated carbocycles. The third-order valence-electron chi connectivity index (χ3n) is 5.16. The summed E-state index contributed by atoms with van der Waals surface area (Å²) in [6.45, 7) is 2.35. The van der Waals surface area contributed by atoms with Gasteiger partial charge in [0.1, 0.15) is 5.75 Å². The van der Waals surface area contributed by atoms with Gasteiger partial charge in [-0.1, -0.05) is 61.0 Å². The minimum absolute atomic E-state index is 0.349. The van der Waals surface area contributed by atoms with Gasteiger partial charge < -0.3 is 4.74 Å². The average Bonchev–Trinajstić information content (AvgIpc) is 2.68. The van der Waals surface area contributed by atoms with Gasteiger partial charge in [0.2, 0.25) is 0 Å². The SMILES string of the molecule is COc1ccc([C@@H]2c3ccccc3S[C@H](c3cccc(Cl)c3)[C@H]2C)cc1. The summed E-state index contributed by atoms with van der Waals surface area (Å²) in [5, 5.41) is 1.17. The van der Waals surface area contributed by atoms with Crippen molar-refractivity contribution in [2.45, 2.75) is 23.0 Å². The number of hydrogen-bond acceptors (Lipinski definition) is 2. The van der Waals surface area contributed by atoms with Gasteiger partial charge in [-0.25, -0.2) is 0 Å². The van der Waals surface area contributed by atoms with Gasteiger partial charge in [-0.15, -0.1) is 11.8 Å². The minimum Gasteiger partial charge on any atom is -0.497 e. The minimum atomic E-state index is 0.349. The van der Waals surface area contributed by atoms with Crippen LogP contribution in [-0.4, -0.2) is 7.11 Å². The molecule has 0 unspecified atom stereocenters. The molecular weight excluding hydrogens is 360 g/mol. The Hall–Kier alpha value is -1.90. The fraction of sp³-hybridized carbons (Fsp3) is 0.217. The zero-order valence-corrected chi connectivity index (χ0v) is 16.4. The number of methoxy groups -OCH3 is 1. The largest absolute Gasteiger partial charge is 0.497 e. The Kier molecular flexibility index (Phi) is 4.97. The molecule has 0 bridgehead atoms. The summed E-state index contributed by atoms with van der Waals surface area (Å²) >= 11 is 8.23. The van der Waals surface area contributed by atoms with Gasteiger partial charge in [0.05, 0.1) is 7.11 Å². The van der Waals surface area contributed by atoms with Crippen molar-refractivity contribution in [3.8, 4) is 5.75 Å². The summed E-state index contributed by atoms with van der Waals surface area (Å²) in [6.07, 6.45) is 0. The molecule has 0 spiro atoms. The van der Waals surface area contributed by atoms with Crippen LogP contribution in [0, 0.1) is 5.92 Å². The summed E-state index contributed by atoms with van der Waals surface area (Å²) in [6, 6.07) is 25.6. The molecule has 0 fully saturated rings. The first kappa shape index (κ1) is 17.5. The van der Waals surface area contributed by atoms with Crippen molar-refractivity contribution in [2.24, 2.45) is 5.92 Å².